The van der Waals surface area contributed by atoms with Crippen LogP contribution in [-0.2, 0) is 6.54 Å². The molecule has 22 heavy (non-hydrogen) atoms. The van der Waals surface area contributed by atoms with Crippen molar-refractivity contribution in [3.05, 3.63) is 74.3 Å². The Hall–Kier alpha value is -1.19. The standard InChI is InChI=1S/C16H10Cl4N2/c17-12-3-1-10(7-14(12)19)9-22-16(5-6-21-22)11-2-4-13(18)15(20)8-11/h1-8H,9H2. The SMILES string of the molecule is Clc1ccc(Cn2nccc2-c2ccc(Cl)c(Cl)c2)cc1Cl. The molecule has 2 aromatic carbocycles. The molecule has 0 saturated carbocycles. The molecule has 0 fully saturated rings. The summed E-state index contributed by atoms with van der Waals surface area (Å²) in [6.07, 6.45) is 1.75. The van der Waals surface area contributed by atoms with Crippen molar-refractivity contribution < 1.29 is 0 Å². The van der Waals surface area contributed by atoms with E-state index in [2.05, 4.69) is 5.10 Å². The van der Waals surface area contributed by atoms with E-state index < -0.39 is 0 Å². The Morgan fingerprint density at radius 2 is 1.45 bits per heavy atom. The number of halogens is 4. The summed E-state index contributed by atoms with van der Waals surface area (Å²) in [5, 5.41) is 6.47. The van der Waals surface area contributed by atoms with Crippen molar-refractivity contribution in [2.24, 2.45) is 0 Å². The second-order valence-corrected chi connectivity index (χ2v) is 6.38. The summed E-state index contributed by atoms with van der Waals surface area (Å²) >= 11 is 24.0. The van der Waals surface area contributed by atoms with Gasteiger partial charge in [-0.05, 0) is 35.9 Å². The minimum absolute atomic E-state index is 0.515. The highest BCUT2D eigenvalue weighted by atomic mass is 35.5. The molecule has 0 radical (unpaired) electrons. The van der Waals surface area contributed by atoms with Crippen LogP contribution in [-0.4, -0.2) is 9.78 Å². The summed E-state index contributed by atoms with van der Waals surface area (Å²) in [6.45, 7) is 0.583. The van der Waals surface area contributed by atoms with E-state index in [9.17, 15) is 0 Å². The van der Waals surface area contributed by atoms with Crippen LogP contribution in [0, 0.1) is 0 Å². The van der Waals surface area contributed by atoms with Gasteiger partial charge in [0.25, 0.3) is 0 Å². The van der Waals surface area contributed by atoms with Crippen molar-refractivity contribution in [1.29, 1.82) is 0 Å². The molecule has 112 valence electrons. The lowest BCUT2D eigenvalue weighted by Gasteiger charge is -2.09. The van der Waals surface area contributed by atoms with Crippen molar-refractivity contribution in [2.45, 2.75) is 6.54 Å². The zero-order chi connectivity index (χ0) is 15.7. The first-order valence-electron chi connectivity index (χ1n) is 6.46. The van der Waals surface area contributed by atoms with Crippen LogP contribution in [0.1, 0.15) is 5.56 Å². The van der Waals surface area contributed by atoms with Gasteiger partial charge in [0.05, 0.1) is 32.3 Å². The highest BCUT2D eigenvalue weighted by molar-refractivity contribution is 6.42. The Kier molecular flexibility index (Phi) is 4.65. The number of hydrogen-bond donors (Lipinski definition) is 0. The van der Waals surface area contributed by atoms with Crippen LogP contribution < -0.4 is 0 Å². The molecule has 0 amide bonds. The Morgan fingerprint density at radius 1 is 0.773 bits per heavy atom. The smallest absolute Gasteiger partial charge is 0.0686 e. The fourth-order valence-corrected chi connectivity index (χ4v) is 2.79. The number of nitrogens with zero attached hydrogens (tertiary/aromatic N) is 2. The van der Waals surface area contributed by atoms with Crippen LogP contribution in [0.25, 0.3) is 11.3 Å². The van der Waals surface area contributed by atoms with Crippen molar-refractivity contribution in [3.63, 3.8) is 0 Å². The third-order valence-electron chi connectivity index (χ3n) is 3.25. The lowest BCUT2D eigenvalue weighted by atomic mass is 10.1. The fraction of sp³-hybridized carbons (Fsp3) is 0.0625. The Labute approximate surface area is 148 Å². The van der Waals surface area contributed by atoms with Gasteiger partial charge in [0.15, 0.2) is 0 Å². The van der Waals surface area contributed by atoms with E-state index in [0.717, 1.165) is 16.8 Å². The summed E-state index contributed by atoms with van der Waals surface area (Å²) in [6, 6.07) is 13.0. The maximum atomic E-state index is 6.09. The average Bonchev–Trinajstić information content (AvgIpc) is 2.94. The molecule has 0 unspecified atom stereocenters. The van der Waals surface area contributed by atoms with E-state index >= 15 is 0 Å². The molecule has 6 heteroatoms. The summed E-state index contributed by atoms with van der Waals surface area (Å²) in [5.74, 6) is 0. The lowest BCUT2D eigenvalue weighted by Crippen LogP contribution is -2.03. The minimum Gasteiger partial charge on any atom is -0.260 e. The summed E-state index contributed by atoms with van der Waals surface area (Å²) in [7, 11) is 0. The van der Waals surface area contributed by atoms with Gasteiger partial charge in [0.2, 0.25) is 0 Å². The van der Waals surface area contributed by atoms with E-state index in [0.29, 0.717) is 26.6 Å². The predicted octanol–water partition coefficient (Wildman–Crippen LogP) is 6.21. The van der Waals surface area contributed by atoms with E-state index in [-0.39, 0.29) is 0 Å². The molecule has 0 atom stereocenters. The molecule has 0 spiro atoms. The van der Waals surface area contributed by atoms with Gasteiger partial charge in [-0.1, -0.05) is 58.5 Å². The van der Waals surface area contributed by atoms with Crippen LogP contribution in [0.3, 0.4) is 0 Å². The average molecular weight is 372 g/mol. The quantitative estimate of drug-likeness (QED) is 0.534. The molecule has 0 saturated heterocycles. The second kappa shape index (κ2) is 6.51. The van der Waals surface area contributed by atoms with E-state index in [4.69, 9.17) is 46.4 Å². The first-order chi connectivity index (χ1) is 10.5. The van der Waals surface area contributed by atoms with Gasteiger partial charge in [0.1, 0.15) is 0 Å². The number of aromatic nitrogens is 2. The first-order valence-corrected chi connectivity index (χ1v) is 7.97. The largest absolute Gasteiger partial charge is 0.260 e. The normalized spacial score (nSPS) is 10.9. The lowest BCUT2D eigenvalue weighted by molar-refractivity contribution is 0.694. The summed E-state index contributed by atoms with van der Waals surface area (Å²) < 4.78 is 1.87. The van der Waals surface area contributed by atoms with Gasteiger partial charge in [-0.15, -0.1) is 0 Å². The molecule has 2 nitrogen and oxygen atoms in total. The van der Waals surface area contributed by atoms with Crippen molar-refractivity contribution in [2.75, 3.05) is 0 Å². The number of benzene rings is 2. The highest BCUT2D eigenvalue weighted by Crippen LogP contribution is 2.29. The maximum absolute atomic E-state index is 6.09. The zero-order valence-electron chi connectivity index (χ0n) is 11.2. The summed E-state index contributed by atoms with van der Waals surface area (Å²) in [5.41, 5.74) is 2.91. The molecular formula is C16H10Cl4N2. The fourth-order valence-electron chi connectivity index (χ4n) is 2.17. The molecule has 0 bridgehead atoms. The zero-order valence-corrected chi connectivity index (χ0v) is 14.3. The Balaban J connectivity index is 1.94. The molecular weight excluding hydrogens is 362 g/mol. The van der Waals surface area contributed by atoms with Gasteiger partial charge in [0, 0.05) is 11.8 Å². The monoisotopic (exact) mass is 370 g/mol. The molecule has 3 aromatic rings. The van der Waals surface area contributed by atoms with Crippen LogP contribution in [0.2, 0.25) is 20.1 Å². The van der Waals surface area contributed by atoms with Gasteiger partial charge in [-0.25, -0.2) is 0 Å². The van der Waals surface area contributed by atoms with Crippen molar-refractivity contribution in [1.82, 2.24) is 9.78 Å². The first kappa shape index (κ1) is 15.7. The highest BCUT2D eigenvalue weighted by Gasteiger charge is 2.09. The van der Waals surface area contributed by atoms with E-state index in [1.54, 1.807) is 18.3 Å². The van der Waals surface area contributed by atoms with Crippen LogP contribution in [0.4, 0.5) is 0 Å². The topological polar surface area (TPSA) is 17.8 Å². The minimum atomic E-state index is 0.515. The van der Waals surface area contributed by atoms with Gasteiger partial charge in [-0.3, -0.25) is 4.68 Å². The third kappa shape index (κ3) is 3.26. The Morgan fingerprint density at radius 3 is 2.14 bits per heavy atom. The Bertz CT molecular complexity index is 827. The van der Waals surface area contributed by atoms with Crippen LogP contribution >= 0.6 is 46.4 Å². The molecule has 1 aromatic heterocycles. The molecule has 1 heterocycles. The van der Waals surface area contributed by atoms with E-state index in [1.165, 1.54) is 0 Å². The van der Waals surface area contributed by atoms with Crippen LogP contribution in [0.15, 0.2) is 48.7 Å². The van der Waals surface area contributed by atoms with Gasteiger partial charge < -0.3 is 0 Å². The predicted molar refractivity (Wildman–Crippen MR) is 93.2 cm³/mol. The summed E-state index contributed by atoms with van der Waals surface area (Å²) in [4.78, 5) is 0. The van der Waals surface area contributed by atoms with Gasteiger partial charge >= 0.3 is 0 Å². The number of rotatable bonds is 3. The van der Waals surface area contributed by atoms with Crippen LogP contribution in [0.5, 0.6) is 0 Å². The third-order valence-corrected chi connectivity index (χ3v) is 4.73. The van der Waals surface area contributed by atoms with E-state index in [1.807, 2.05) is 35.0 Å². The van der Waals surface area contributed by atoms with Crippen molar-refractivity contribution >= 4 is 46.4 Å². The number of hydrogen-bond acceptors (Lipinski definition) is 1. The van der Waals surface area contributed by atoms with Crippen molar-refractivity contribution in [3.8, 4) is 11.3 Å². The molecule has 0 N–H and O–H groups in total. The molecule has 0 aliphatic rings. The maximum Gasteiger partial charge on any atom is 0.0686 e. The molecule has 0 aliphatic carbocycles. The molecule has 3 rings (SSSR count). The second-order valence-electron chi connectivity index (χ2n) is 4.75. The van der Waals surface area contributed by atoms with Gasteiger partial charge in [-0.2, -0.15) is 5.10 Å². The molecule has 0 aliphatic heterocycles.